The van der Waals surface area contributed by atoms with Crippen LogP contribution < -0.4 is 10.6 Å². The van der Waals surface area contributed by atoms with Crippen molar-refractivity contribution < 1.29 is 0 Å². The van der Waals surface area contributed by atoms with Crippen LogP contribution in [0.4, 0.5) is 5.69 Å². The smallest absolute Gasteiger partial charge is 0.0396 e. The molecule has 1 atom stereocenters. The number of aryl methyl sites for hydroxylation is 1. The lowest BCUT2D eigenvalue weighted by molar-refractivity contribution is 0.486. The third-order valence-electron chi connectivity index (χ3n) is 4.17. The van der Waals surface area contributed by atoms with Crippen molar-refractivity contribution in [1.29, 1.82) is 0 Å². The van der Waals surface area contributed by atoms with Crippen LogP contribution in [-0.4, -0.2) is 19.1 Å². The molecule has 0 radical (unpaired) electrons. The van der Waals surface area contributed by atoms with Crippen molar-refractivity contribution in [2.75, 3.05) is 18.0 Å². The van der Waals surface area contributed by atoms with Crippen LogP contribution in [0.15, 0.2) is 18.2 Å². The Labute approximate surface area is 125 Å². The zero-order valence-corrected chi connectivity index (χ0v) is 13.9. The van der Waals surface area contributed by atoms with E-state index in [1.54, 1.807) is 0 Å². The SMILES string of the molecule is CCC(CC)CN(CC)c1ccc(CC(C)N)cc1C. The quantitative estimate of drug-likeness (QED) is 0.773. The summed E-state index contributed by atoms with van der Waals surface area (Å²) in [6.45, 7) is 13.4. The van der Waals surface area contributed by atoms with Crippen molar-refractivity contribution in [2.45, 2.75) is 59.9 Å². The molecule has 0 spiro atoms. The van der Waals surface area contributed by atoms with Gasteiger partial charge in [-0.25, -0.2) is 0 Å². The molecule has 20 heavy (non-hydrogen) atoms. The first-order valence-electron chi connectivity index (χ1n) is 8.11. The number of benzene rings is 1. The third kappa shape index (κ3) is 4.82. The van der Waals surface area contributed by atoms with E-state index in [1.807, 2.05) is 0 Å². The summed E-state index contributed by atoms with van der Waals surface area (Å²) in [4.78, 5) is 2.52. The van der Waals surface area contributed by atoms with Crippen molar-refractivity contribution >= 4 is 5.69 Å². The van der Waals surface area contributed by atoms with E-state index in [1.165, 1.54) is 29.7 Å². The molecule has 1 aromatic rings. The zero-order valence-electron chi connectivity index (χ0n) is 13.9. The monoisotopic (exact) mass is 276 g/mol. The minimum absolute atomic E-state index is 0.229. The van der Waals surface area contributed by atoms with Gasteiger partial charge in [0.1, 0.15) is 0 Å². The summed E-state index contributed by atoms with van der Waals surface area (Å²) in [6, 6.07) is 7.04. The molecule has 0 aliphatic heterocycles. The maximum absolute atomic E-state index is 5.89. The van der Waals surface area contributed by atoms with Gasteiger partial charge in [-0.1, -0.05) is 38.8 Å². The first-order valence-corrected chi connectivity index (χ1v) is 8.11. The maximum atomic E-state index is 5.89. The minimum Gasteiger partial charge on any atom is -0.371 e. The Kier molecular flexibility index (Phi) is 7.08. The molecule has 0 aliphatic rings. The molecule has 0 fully saturated rings. The molecule has 1 aromatic carbocycles. The average molecular weight is 276 g/mol. The van der Waals surface area contributed by atoms with Crippen LogP contribution in [0.5, 0.6) is 0 Å². The highest BCUT2D eigenvalue weighted by atomic mass is 15.1. The highest BCUT2D eigenvalue weighted by Crippen LogP contribution is 2.24. The number of nitrogens with zero attached hydrogens (tertiary/aromatic N) is 1. The second kappa shape index (κ2) is 8.31. The molecule has 0 bridgehead atoms. The van der Waals surface area contributed by atoms with Gasteiger partial charge in [-0.05, 0) is 50.3 Å². The van der Waals surface area contributed by atoms with Gasteiger partial charge in [-0.3, -0.25) is 0 Å². The molecular weight excluding hydrogens is 244 g/mol. The molecule has 0 aromatic heterocycles. The molecule has 114 valence electrons. The molecule has 2 N–H and O–H groups in total. The fourth-order valence-corrected chi connectivity index (χ4v) is 2.83. The predicted octanol–water partition coefficient (Wildman–Crippen LogP) is 4.15. The summed E-state index contributed by atoms with van der Waals surface area (Å²) >= 11 is 0. The lowest BCUT2D eigenvalue weighted by atomic mass is 10.0. The Bertz CT molecular complexity index is 394. The first-order chi connectivity index (χ1) is 9.51. The standard InChI is InChI=1S/C18H32N2/c1-6-16(7-2)13-20(8-3)18-10-9-17(11-14(18)4)12-15(5)19/h9-11,15-16H,6-8,12-13,19H2,1-5H3. The van der Waals surface area contributed by atoms with E-state index in [9.17, 15) is 0 Å². The van der Waals surface area contributed by atoms with Gasteiger partial charge in [0.2, 0.25) is 0 Å². The second-order valence-electron chi connectivity index (χ2n) is 6.02. The molecule has 0 saturated carbocycles. The van der Waals surface area contributed by atoms with Gasteiger partial charge in [0.15, 0.2) is 0 Å². The summed E-state index contributed by atoms with van der Waals surface area (Å²) < 4.78 is 0. The molecule has 0 amide bonds. The summed E-state index contributed by atoms with van der Waals surface area (Å²) in [6.07, 6.45) is 3.48. The topological polar surface area (TPSA) is 29.3 Å². The van der Waals surface area contributed by atoms with Crippen LogP contribution in [0.25, 0.3) is 0 Å². The van der Waals surface area contributed by atoms with Gasteiger partial charge in [0.25, 0.3) is 0 Å². The molecular formula is C18H32N2. The van der Waals surface area contributed by atoms with Gasteiger partial charge < -0.3 is 10.6 Å². The van der Waals surface area contributed by atoms with Gasteiger partial charge >= 0.3 is 0 Å². The van der Waals surface area contributed by atoms with Gasteiger partial charge in [0, 0.05) is 24.8 Å². The van der Waals surface area contributed by atoms with Crippen LogP contribution in [0.3, 0.4) is 0 Å². The van der Waals surface area contributed by atoms with Crippen molar-refractivity contribution in [3.05, 3.63) is 29.3 Å². The summed E-state index contributed by atoms with van der Waals surface area (Å²) in [7, 11) is 0. The second-order valence-corrected chi connectivity index (χ2v) is 6.02. The third-order valence-corrected chi connectivity index (χ3v) is 4.17. The van der Waals surface area contributed by atoms with Crippen LogP contribution in [0.2, 0.25) is 0 Å². The van der Waals surface area contributed by atoms with Gasteiger partial charge in [-0.2, -0.15) is 0 Å². The summed E-state index contributed by atoms with van der Waals surface area (Å²) in [5.74, 6) is 0.790. The van der Waals surface area contributed by atoms with Gasteiger partial charge in [-0.15, -0.1) is 0 Å². The van der Waals surface area contributed by atoms with Crippen LogP contribution in [0.1, 0.15) is 51.7 Å². The molecule has 0 aliphatic carbocycles. The number of anilines is 1. The van der Waals surface area contributed by atoms with Crippen molar-refractivity contribution in [2.24, 2.45) is 11.7 Å². The van der Waals surface area contributed by atoms with Gasteiger partial charge in [0.05, 0.1) is 0 Å². The highest BCUT2D eigenvalue weighted by molar-refractivity contribution is 5.54. The van der Waals surface area contributed by atoms with E-state index < -0.39 is 0 Å². The van der Waals surface area contributed by atoms with Crippen LogP contribution in [0, 0.1) is 12.8 Å². The molecule has 1 unspecified atom stereocenters. The highest BCUT2D eigenvalue weighted by Gasteiger charge is 2.13. The fourth-order valence-electron chi connectivity index (χ4n) is 2.83. The maximum Gasteiger partial charge on any atom is 0.0396 e. The largest absolute Gasteiger partial charge is 0.371 e. The van der Waals surface area contributed by atoms with E-state index in [2.05, 4.69) is 57.7 Å². The van der Waals surface area contributed by atoms with E-state index in [-0.39, 0.29) is 6.04 Å². The summed E-state index contributed by atoms with van der Waals surface area (Å²) in [5.41, 5.74) is 9.99. The number of hydrogen-bond acceptors (Lipinski definition) is 2. The predicted molar refractivity (Wildman–Crippen MR) is 90.5 cm³/mol. The Balaban J connectivity index is 2.87. The lowest BCUT2D eigenvalue weighted by Gasteiger charge is -2.29. The van der Waals surface area contributed by atoms with E-state index >= 15 is 0 Å². The number of nitrogens with two attached hydrogens (primary N) is 1. The fraction of sp³-hybridized carbons (Fsp3) is 0.667. The molecule has 0 heterocycles. The first kappa shape index (κ1) is 17.0. The number of hydrogen-bond donors (Lipinski definition) is 1. The Morgan fingerprint density at radius 1 is 1.15 bits per heavy atom. The van der Waals surface area contributed by atoms with E-state index in [0.29, 0.717) is 0 Å². The molecule has 1 rings (SSSR count). The van der Waals surface area contributed by atoms with Crippen molar-refractivity contribution in [3.8, 4) is 0 Å². The number of rotatable bonds is 8. The minimum atomic E-state index is 0.229. The molecule has 0 saturated heterocycles. The average Bonchev–Trinajstić information content (AvgIpc) is 2.41. The van der Waals surface area contributed by atoms with Crippen molar-refractivity contribution in [1.82, 2.24) is 0 Å². The van der Waals surface area contributed by atoms with E-state index in [0.717, 1.165) is 25.4 Å². The summed E-state index contributed by atoms with van der Waals surface area (Å²) in [5, 5.41) is 0. The zero-order chi connectivity index (χ0) is 15.1. The van der Waals surface area contributed by atoms with Crippen LogP contribution in [-0.2, 0) is 6.42 Å². The molecule has 2 heteroatoms. The van der Waals surface area contributed by atoms with Crippen LogP contribution >= 0.6 is 0 Å². The van der Waals surface area contributed by atoms with E-state index in [4.69, 9.17) is 5.73 Å². The Hall–Kier alpha value is -1.02. The van der Waals surface area contributed by atoms with Crippen molar-refractivity contribution in [3.63, 3.8) is 0 Å². The molecule has 2 nitrogen and oxygen atoms in total. The Morgan fingerprint density at radius 3 is 2.25 bits per heavy atom. The normalized spacial score (nSPS) is 12.8. The lowest BCUT2D eigenvalue weighted by Crippen LogP contribution is -2.29. The Morgan fingerprint density at radius 2 is 1.80 bits per heavy atom.